The third-order valence-corrected chi connectivity index (χ3v) is 10.3. The Balaban J connectivity index is 1.45. The van der Waals surface area contributed by atoms with Crippen molar-refractivity contribution in [2.75, 3.05) is 0 Å². The van der Waals surface area contributed by atoms with Crippen molar-refractivity contribution in [2.45, 2.75) is 50.5 Å². The molecule has 0 radical (unpaired) electrons. The van der Waals surface area contributed by atoms with E-state index in [0.717, 1.165) is 32.1 Å². The Morgan fingerprint density at radius 1 is 1.13 bits per heavy atom. The zero-order valence-electron chi connectivity index (χ0n) is 18.2. The molecule has 0 aliphatic heterocycles. The van der Waals surface area contributed by atoms with Crippen LogP contribution in [0.3, 0.4) is 0 Å². The maximum absolute atomic E-state index is 11.9. The number of aliphatic hydroxyl groups is 1. The molecule has 2 nitrogen and oxygen atoms in total. The van der Waals surface area contributed by atoms with E-state index in [2.05, 4.69) is 67.0 Å². The summed E-state index contributed by atoms with van der Waals surface area (Å²) in [5.41, 5.74) is 1.84. The first-order valence-electron chi connectivity index (χ1n) is 11.5. The number of allylic oxidation sites excluding steroid dienone is 1. The normalized spacial score (nSPS) is 36.6. The number of aryl methyl sites for hydroxylation is 1. The molecule has 5 rings (SSSR count). The minimum atomic E-state index is -0.740. The summed E-state index contributed by atoms with van der Waals surface area (Å²) in [6.45, 7) is 6.55. The number of hydrogen-bond acceptors (Lipinski definition) is 2. The third-order valence-electron chi connectivity index (χ3n) is 8.57. The summed E-state index contributed by atoms with van der Waals surface area (Å²) in [6, 6.07) is 16.5. The topological polar surface area (TPSA) is 40.5 Å². The second-order valence-corrected chi connectivity index (χ2v) is 12.0. The third kappa shape index (κ3) is 3.42. The van der Waals surface area contributed by atoms with Crippen molar-refractivity contribution in [3.05, 3.63) is 83.4 Å². The van der Waals surface area contributed by atoms with Crippen LogP contribution in [-0.2, 0) is 6.42 Å². The van der Waals surface area contributed by atoms with Crippen molar-refractivity contribution in [3.8, 4) is 5.75 Å². The van der Waals surface area contributed by atoms with Gasteiger partial charge in [-0.05, 0) is 0 Å². The van der Waals surface area contributed by atoms with Gasteiger partial charge in [-0.2, -0.15) is 0 Å². The van der Waals surface area contributed by atoms with Gasteiger partial charge in [0.1, 0.15) is 0 Å². The first-order chi connectivity index (χ1) is 14.9. The molecule has 3 aliphatic rings. The molecule has 2 N–H and O–H groups in total. The van der Waals surface area contributed by atoms with Crippen molar-refractivity contribution >= 4 is 19.4 Å². The number of hydrogen-bond donors (Lipinski definition) is 2. The molecule has 2 aromatic carbocycles. The molecular formula is C28H32O2Se. The van der Waals surface area contributed by atoms with Gasteiger partial charge < -0.3 is 0 Å². The molecular weight excluding hydrogens is 447 g/mol. The predicted octanol–water partition coefficient (Wildman–Crippen LogP) is 4.93. The van der Waals surface area contributed by atoms with Gasteiger partial charge in [-0.25, -0.2) is 0 Å². The second kappa shape index (κ2) is 7.96. The summed E-state index contributed by atoms with van der Waals surface area (Å²) >= 11 is 0.242. The van der Waals surface area contributed by atoms with Gasteiger partial charge in [0.25, 0.3) is 0 Å². The summed E-state index contributed by atoms with van der Waals surface area (Å²) in [4.78, 5) is 2.24. The van der Waals surface area contributed by atoms with E-state index in [0.29, 0.717) is 29.4 Å². The Kier molecular flexibility index (Phi) is 5.41. The molecule has 31 heavy (non-hydrogen) atoms. The fraction of sp³-hybridized carbons (Fsp3) is 0.429. The molecule has 0 heterocycles. The van der Waals surface area contributed by atoms with Crippen LogP contribution in [0.4, 0.5) is 0 Å². The van der Waals surface area contributed by atoms with Crippen LogP contribution in [0.25, 0.3) is 0 Å². The molecule has 3 heteroatoms. The fourth-order valence-electron chi connectivity index (χ4n) is 7.03. The van der Waals surface area contributed by atoms with Crippen LogP contribution in [0.1, 0.15) is 49.7 Å². The van der Waals surface area contributed by atoms with Crippen molar-refractivity contribution in [1.29, 1.82) is 0 Å². The van der Waals surface area contributed by atoms with E-state index in [1.807, 2.05) is 12.1 Å². The van der Waals surface area contributed by atoms with Gasteiger partial charge >= 0.3 is 192 Å². The summed E-state index contributed by atoms with van der Waals surface area (Å²) < 4.78 is 1.34. The molecule has 0 saturated heterocycles. The van der Waals surface area contributed by atoms with E-state index >= 15 is 0 Å². The summed E-state index contributed by atoms with van der Waals surface area (Å²) in [5, 5.41) is 21.9. The standard InChI is InChI=1S/C28H32O2Se/c1-3-19-18-27(2)25(24-11-9-20-17-21(29)10-12-23(20)26(19)24)13-14-28(27,30)15-16-31-22-7-5-4-6-8-22/h3-8,10,12,15-17,19,24-26,29-30H,1,9,11,13-14,18H2,2H3/b16-15-/t19-,24-,25-,26+,27-,28+/m0/s1. The average molecular weight is 480 g/mol. The van der Waals surface area contributed by atoms with E-state index in [1.165, 1.54) is 15.6 Å². The summed E-state index contributed by atoms with van der Waals surface area (Å²) in [6.07, 6.45) is 9.36. The van der Waals surface area contributed by atoms with Crippen LogP contribution < -0.4 is 4.46 Å². The zero-order chi connectivity index (χ0) is 21.6. The molecule has 2 fully saturated rings. The quantitative estimate of drug-likeness (QED) is 0.482. The predicted molar refractivity (Wildman–Crippen MR) is 128 cm³/mol. The Morgan fingerprint density at radius 3 is 2.71 bits per heavy atom. The average Bonchev–Trinajstić information content (AvgIpc) is 3.04. The molecule has 0 spiro atoms. The first kappa shape index (κ1) is 21.1. The monoisotopic (exact) mass is 480 g/mol. The Morgan fingerprint density at radius 2 is 1.94 bits per heavy atom. The molecule has 3 aliphatic carbocycles. The van der Waals surface area contributed by atoms with Crippen LogP contribution in [-0.4, -0.2) is 30.8 Å². The molecule has 0 bridgehead atoms. The Labute approximate surface area is 192 Å². The van der Waals surface area contributed by atoms with Crippen LogP contribution in [0.5, 0.6) is 5.75 Å². The Hall–Kier alpha value is -1.80. The number of aromatic hydroxyl groups is 1. The summed E-state index contributed by atoms with van der Waals surface area (Å²) in [7, 11) is 0. The fourth-order valence-corrected chi connectivity index (χ4v) is 8.63. The van der Waals surface area contributed by atoms with Crippen LogP contribution in [0.15, 0.2) is 72.2 Å². The molecule has 0 aromatic heterocycles. The van der Waals surface area contributed by atoms with Crippen molar-refractivity contribution < 1.29 is 10.2 Å². The summed E-state index contributed by atoms with van der Waals surface area (Å²) in [5.74, 6) is 2.27. The van der Waals surface area contributed by atoms with Crippen LogP contribution in [0, 0.1) is 23.2 Å². The molecule has 162 valence electrons. The van der Waals surface area contributed by atoms with Crippen LogP contribution >= 0.6 is 0 Å². The van der Waals surface area contributed by atoms with Crippen LogP contribution in [0.2, 0.25) is 0 Å². The molecule has 0 unspecified atom stereocenters. The van der Waals surface area contributed by atoms with E-state index < -0.39 is 5.60 Å². The van der Waals surface area contributed by atoms with Gasteiger partial charge in [-0.1, -0.05) is 0 Å². The van der Waals surface area contributed by atoms with Gasteiger partial charge in [0, 0.05) is 0 Å². The van der Waals surface area contributed by atoms with Gasteiger partial charge in [-0.15, -0.1) is 0 Å². The van der Waals surface area contributed by atoms with Crippen molar-refractivity contribution in [2.24, 2.45) is 23.2 Å². The van der Waals surface area contributed by atoms with Gasteiger partial charge in [-0.3, -0.25) is 0 Å². The molecule has 2 aromatic rings. The molecule has 0 amide bonds. The maximum atomic E-state index is 11.9. The second-order valence-electron chi connectivity index (χ2n) is 9.94. The first-order valence-corrected chi connectivity index (χ1v) is 13.4. The van der Waals surface area contributed by atoms with Gasteiger partial charge in [0.05, 0.1) is 0 Å². The van der Waals surface area contributed by atoms with E-state index in [4.69, 9.17) is 0 Å². The zero-order valence-corrected chi connectivity index (χ0v) is 19.9. The number of phenolic OH excluding ortho intramolecular Hbond substituents is 1. The SMILES string of the molecule is C=C[C@H]1C[C@@]2(C)[C@@H](CC[C@@]2(O)/C=C\[Se]c2ccccc2)[C@@H]2CCc3cc(O)ccc3[C@H]21. The van der Waals surface area contributed by atoms with Crippen molar-refractivity contribution in [1.82, 2.24) is 0 Å². The number of rotatable bonds is 4. The number of fused-ring (bicyclic) bond motifs is 5. The molecule has 2 saturated carbocycles. The number of phenols is 1. The van der Waals surface area contributed by atoms with E-state index in [9.17, 15) is 10.2 Å². The van der Waals surface area contributed by atoms with Gasteiger partial charge in [0.15, 0.2) is 0 Å². The molecule has 6 atom stereocenters. The van der Waals surface area contributed by atoms with Gasteiger partial charge in [0.2, 0.25) is 0 Å². The van der Waals surface area contributed by atoms with E-state index in [1.54, 1.807) is 0 Å². The van der Waals surface area contributed by atoms with E-state index in [-0.39, 0.29) is 20.4 Å². The minimum absolute atomic E-state index is 0.120. The van der Waals surface area contributed by atoms with Crippen molar-refractivity contribution in [3.63, 3.8) is 0 Å². The number of benzene rings is 2. The Bertz CT molecular complexity index is 999.